The molecular weight excluding hydrogens is 425 g/mol. The van der Waals surface area contributed by atoms with E-state index < -0.39 is 0 Å². The van der Waals surface area contributed by atoms with Crippen LogP contribution in [-0.2, 0) is 13.6 Å². The molecule has 0 unspecified atom stereocenters. The van der Waals surface area contributed by atoms with E-state index in [1.165, 1.54) is 31.6 Å². The second-order valence-corrected chi connectivity index (χ2v) is 7.35. The van der Waals surface area contributed by atoms with Gasteiger partial charge < -0.3 is 14.8 Å². The molecule has 2 rings (SSSR count). The highest BCUT2D eigenvalue weighted by Crippen LogP contribution is 2.19. The zero-order valence-electron chi connectivity index (χ0n) is 16.5. The first-order chi connectivity index (χ1) is 11.5. The molecule has 6 heteroatoms. The zero-order valence-corrected chi connectivity index (χ0v) is 18.9. The number of hydrogen-bond donors (Lipinski definition) is 1. The molecule has 144 valence electrons. The normalized spacial score (nSPS) is 18.5. The van der Waals surface area contributed by atoms with Crippen molar-refractivity contribution < 1.29 is 0 Å². The van der Waals surface area contributed by atoms with Crippen molar-refractivity contribution in [1.82, 2.24) is 19.7 Å². The SMILES string of the molecule is CCNC(=NC[C@H]1CCCN1CC(C)C)N(C)Cc1cccn1C.I. The maximum absolute atomic E-state index is 4.94. The molecule has 0 radical (unpaired) electrons. The van der Waals surface area contributed by atoms with E-state index in [0.29, 0.717) is 6.04 Å². The lowest BCUT2D eigenvalue weighted by Gasteiger charge is -2.26. The number of rotatable bonds is 7. The standard InChI is InChI=1S/C19H35N5.HI/c1-6-20-19(23(5)15-18-10-7-11-22(18)4)21-13-17-9-8-12-24(17)14-16(2)3;/h7,10-11,16-17H,6,8-9,12-15H2,1-5H3,(H,20,21);1H/t17-;/m1./s1. The van der Waals surface area contributed by atoms with Crippen molar-refractivity contribution in [2.75, 3.05) is 33.2 Å². The summed E-state index contributed by atoms with van der Waals surface area (Å²) in [6.07, 6.45) is 4.68. The maximum atomic E-state index is 4.94. The molecule has 0 spiro atoms. The fraction of sp³-hybridized carbons (Fsp3) is 0.737. The summed E-state index contributed by atoms with van der Waals surface area (Å²) < 4.78 is 2.17. The quantitative estimate of drug-likeness (QED) is 0.385. The number of halogens is 1. The highest BCUT2D eigenvalue weighted by Gasteiger charge is 2.24. The first-order valence-corrected chi connectivity index (χ1v) is 9.35. The molecule has 0 saturated carbocycles. The number of likely N-dealkylation sites (tertiary alicyclic amines) is 1. The van der Waals surface area contributed by atoms with E-state index in [1.54, 1.807) is 0 Å². The van der Waals surface area contributed by atoms with Crippen LogP contribution in [0.1, 0.15) is 39.3 Å². The second-order valence-electron chi connectivity index (χ2n) is 7.35. The Bertz CT molecular complexity index is 526. The maximum Gasteiger partial charge on any atom is 0.194 e. The molecule has 0 bridgehead atoms. The lowest BCUT2D eigenvalue weighted by atomic mass is 10.2. The summed E-state index contributed by atoms with van der Waals surface area (Å²) in [6.45, 7) is 11.8. The van der Waals surface area contributed by atoms with Gasteiger partial charge in [0, 0.05) is 45.1 Å². The molecule has 1 saturated heterocycles. The first-order valence-electron chi connectivity index (χ1n) is 9.35. The van der Waals surface area contributed by atoms with Gasteiger partial charge >= 0.3 is 0 Å². The second kappa shape index (κ2) is 11.1. The predicted octanol–water partition coefficient (Wildman–Crippen LogP) is 3.16. The Labute approximate surface area is 170 Å². The van der Waals surface area contributed by atoms with Crippen molar-refractivity contribution in [2.24, 2.45) is 18.0 Å². The van der Waals surface area contributed by atoms with E-state index in [1.807, 2.05) is 0 Å². The summed E-state index contributed by atoms with van der Waals surface area (Å²) in [7, 11) is 4.21. The van der Waals surface area contributed by atoms with Crippen LogP contribution in [0, 0.1) is 5.92 Å². The Hall–Kier alpha value is -0.760. The Balaban J connectivity index is 0.00000312. The van der Waals surface area contributed by atoms with E-state index in [2.05, 4.69) is 72.9 Å². The van der Waals surface area contributed by atoms with Gasteiger partial charge in [0.1, 0.15) is 0 Å². The van der Waals surface area contributed by atoms with E-state index in [9.17, 15) is 0 Å². The minimum atomic E-state index is 0. The summed E-state index contributed by atoms with van der Waals surface area (Å²) in [5, 5.41) is 3.44. The summed E-state index contributed by atoms with van der Waals surface area (Å²) in [4.78, 5) is 9.79. The number of aliphatic imine (C=N–C) groups is 1. The highest BCUT2D eigenvalue weighted by molar-refractivity contribution is 14.0. The lowest BCUT2D eigenvalue weighted by molar-refractivity contribution is 0.230. The summed E-state index contributed by atoms with van der Waals surface area (Å²) >= 11 is 0. The fourth-order valence-corrected chi connectivity index (χ4v) is 3.45. The Morgan fingerprint density at radius 2 is 2.20 bits per heavy atom. The van der Waals surface area contributed by atoms with E-state index >= 15 is 0 Å². The van der Waals surface area contributed by atoms with Crippen molar-refractivity contribution in [3.05, 3.63) is 24.0 Å². The average Bonchev–Trinajstić information content (AvgIpc) is 3.12. The number of guanidine groups is 1. The molecule has 1 N–H and O–H groups in total. The highest BCUT2D eigenvalue weighted by atomic mass is 127. The molecule has 1 aliphatic rings. The van der Waals surface area contributed by atoms with Gasteiger partial charge in [0.2, 0.25) is 0 Å². The minimum absolute atomic E-state index is 0. The smallest absolute Gasteiger partial charge is 0.194 e. The first kappa shape index (κ1) is 22.3. The molecule has 2 heterocycles. The van der Waals surface area contributed by atoms with Crippen molar-refractivity contribution in [1.29, 1.82) is 0 Å². The third-order valence-electron chi connectivity index (χ3n) is 4.70. The zero-order chi connectivity index (χ0) is 17.5. The molecule has 1 aromatic rings. The number of hydrogen-bond acceptors (Lipinski definition) is 2. The van der Waals surface area contributed by atoms with Gasteiger partial charge in [-0.05, 0) is 44.4 Å². The number of nitrogens with one attached hydrogen (secondary N) is 1. The van der Waals surface area contributed by atoms with Gasteiger partial charge in [0.15, 0.2) is 5.96 Å². The third-order valence-corrected chi connectivity index (χ3v) is 4.70. The van der Waals surface area contributed by atoms with Gasteiger partial charge in [-0.25, -0.2) is 0 Å². The summed E-state index contributed by atoms with van der Waals surface area (Å²) in [5.41, 5.74) is 1.30. The van der Waals surface area contributed by atoms with Crippen LogP contribution in [0.4, 0.5) is 0 Å². The molecule has 1 aliphatic heterocycles. The Morgan fingerprint density at radius 1 is 1.44 bits per heavy atom. The van der Waals surface area contributed by atoms with E-state index in [4.69, 9.17) is 4.99 Å². The molecule has 0 amide bonds. The largest absolute Gasteiger partial charge is 0.357 e. The molecule has 1 fully saturated rings. The summed E-state index contributed by atoms with van der Waals surface area (Å²) in [6, 6.07) is 4.86. The van der Waals surface area contributed by atoms with Crippen LogP contribution in [0.15, 0.2) is 23.3 Å². The van der Waals surface area contributed by atoms with Crippen LogP contribution in [0.5, 0.6) is 0 Å². The van der Waals surface area contributed by atoms with Crippen LogP contribution in [0.25, 0.3) is 0 Å². The van der Waals surface area contributed by atoms with Crippen molar-refractivity contribution >= 4 is 29.9 Å². The molecule has 5 nitrogen and oxygen atoms in total. The molecule has 0 aliphatic carbocycles. The van der Waals surface area contributed by atoms with Crippen LogP contribution in [0.2, 0.25) is 0 Å². The van der Waals surface area contributed by atoms with Crippen molar-refractivity contribution in [2.45, 2.75) is 46.2 Å². The lowest BCUT2D eigenvalue weighted by Crippen LogP contribution is -2.40. The van der Waals surface area contributed by atoms with Crippen LogP contribution < -0.4 is 5.32 Å². The number of nitrogens with zero attached hydrogens (tertiary/aromatic N) is 4. The van der Waals surface area contributed by atoms with Gasteiger partial charge in [-0.2, -0.15) is 0 Å². The minimum Gasteiger partial charge on any atom is -0.357 e. The Morgan fingerprint density at radius 3 is 2.80 bits per heavy atom. The van der Waals surface area contributed by atoms with Gasteiger partial charge in [0.25, 0.3) is 0 Å². The van der Waals surface area contributed by atoms with Gasteiger partial charge in [-0.1, -0.05) is 13.8 Å². The van der Waals surface area contributed by atoms with Crippen LogP contribution in [-0.4, -0.2) is 59.6 Å². The predicted molar refractivity (Wildman–Crippen MR) is 118 cm³/mol. The fourth-order valence-electron chi connectivity index (χ4n) is 3.45. The average molecular weight is 461 g/mol. The van der Waals surface area contributed by atoms with Crippen molar-refractivity contribution in [3.8, 4) is 0 Å². The van der Waals surface area contributed by atoms with Gasteiger partial charge in [0.05, 0.1) is 13.1 Å². The van der Waals surface area contributed by atoms with E-state index in [0.717, 1.165) is 31.5 Å². The molecule has 25 heavy (non-hydrogen) atoms. The summed E-state index contributed by atoms with van der Waals surface area (Å²) in [5.74, 6) is 1.73. The van der Waals surface area contributed by atoms with Crippen LogP contribution in [0.3, 0.4) is 0 Å². The molecule has 0 aromatic carbocycles. The molecule has 1 atom stereocenters. The molecular formula is C19H36IN5. The van der Waals surface area contributed by atoms with Gasteiger partial charge in [-0.15, -0.1) is 24.0 Å². The van der Waals surface area contributed by atoms with Crippen molar-refractivity contribution in [3.63, 3.8) is 0 Å². The molecule has 1 aromatic heterocycles. The monoisotopic (exact) mass is 461 g/mol. The van der Waals surface area contributed by atoms with E-state index in [-0.39, 0.29) is 24.0 Å². The number of aromatic nitrogens is 1. The third kappa shape index (κ3) is 6.81. The topological polar surface area (TPSA) is 35.8 Å². The number of aryl methyl sites for hydroxylation is 1. The Kier molecular flexibility index (Phi) is 9.86. The van der Waals surface area contributed by atoms with Crippen LogP contribution >= 0.6 is 24.0 Å². The van der Waals surface area contributed by atoms with Gasteiger partial charge in [-0.3, -0.25) is 9.89 Å².